The Morgan fingerprint density at radius 3 is 2.57 bits per heavy atom. The molecule has 1 aromatic rings. The third kappa shape index (κ3) is 3.68. The van der Waals surface area contributed by atoms with Gasteiger partial charge in [-0.3, -0.25) is 9.59 Å². The number of rotatable bonds is 5. The van der Waals surface area contributed by atoms with E-state index in [-0.39, 0.29) is 30.5 Å². The van der Waals surface area contributed by atoms with E-state index in [1.165, 1.54) is 12.0 Å². The first kappa shape index (κ1) is 15.2. The lowest BCUT2D eigenvalue weighted by atomic mass is 10.1. The zero-order valence-corrected chi connectivity index (χ0v) is 12.1. The van der Waals surface area contributed by atoms with Gasteiger partial charge >= 0.3 is 5.97 Å². The van der Waals surface area contributed by atoms with Crippen LogP contribution in [0.25, 0.3) is 0 Å². The minimum atomic E-state index is -0.491. The highest BCUT2D eigenvalue weighted by atomic mass is 16.5. The van der Waals surface area contributed by atoms with Crippen molar-refractivity contribution in [2.75, 3.05) is 13.7 Å². The predicted molar refractivity (Wildman–Crippen MR) is 76.8 cm³/mol. The number of likely N-dealkylation sites (tertiary alicyclic amines) is 1. The molecule has 1 heterocycles. The van der Waals surface area contributed by atoms with E-state index in [1.54, 1.807) is 24.3 Å². The summed E-state index contributed by atoms with van der Waals surface area (Å²) in [7, 11) is 1.32. The molecule has 1 saturated heterocycles. The summed E-state index contributed by atoms with van der Waals surface area (Å²) in [6, 6.07) is 8.41. The van der Waals surface area contributed by atoms with E-state index in [1.807, 2.05) is 6.07 Å². The highest BCUT2D eigenvalue weighted by Crippen LogP contribution is 2.20. The Bertz CT molecular complexity index is 526. The van der Waals surface area contributed by atoms with Gasteiger partial charge in [0.15, 0.2) is 5.78 Å². The maximum absolute atomic E-state index is 12.2. The predicted octanol–water partition coefficient (Wildman–Crippen LogP) is 1.81. The fourth-order valence-electron chi connectivity index (χ4n) is 2.58. The van der Waals surface area contributed by atoms with Gasteiger partial charge in [0.1, 0.15) is 6.04 Å². The number of hydrogen-bond acceptors (Lipinski definition) is 4. The van der Waals surface area contributed by atoms with Crippen LogP contribution in [0.2, 0.25) is 0 Å². The van der Waals surface area contributed by atoms with E-state index >= 15 is 0 Å². The van der Waals surface area contributed by atoms with Crippen molar-refractivity contribution in [1.29, 1.82) is 0 Å². The second-order valence-corrected chi connectivity index (χ2v) is 5.06. The van der Waals surface area contributed by atoms with Crippen LogP contribution in [0.3, 0.4) is 0 Å². The minimum absolute atomic E-state index is 0.0576. The number of ketones is 1. The second kappa shape index (κ2) is 7.02. The van der Waals surface area contributed by atoms with Crippen molar-refractivity contribution in [2.45, 2.75) is 31.7 Å². The van der Waals surface area contributed by atoms with Gasteiger partial charge in [-0.25, -0.2) is 4.79 Å². The zero-order chi connectivity index (χ0) is 15.2. The molecule has 1 aliphatic rings. The molecule has 0 bridgehead atoms. The molecule has 1 aromatic carbocycles. The highest BCUT2D eigenvalue weighted by Gasteiger charge is 2.34. The molecule has 0 radical (unpaired) electrons. The molecule has 1 amide bonds. The summed E-state index contributed by atoms with van der Waals surface area (Å²) in [5, 5.41) is 0. The van der Waals surface area contributed by atoms with Gasteiger partial charge in [0, 0.05) is 24.9 Å². The molecule has 0 unspecified atom stereocenters. The molecule has 1 atom stereocenters. The summed E-state index contributed by atoms with van der Waals surface area (Å²) < 4.78 is 4.71. The van der Waals surface area contributed by atoms with Crippen LogP contribution in [-0.2, 0) is 14.3 Å². The van der Waals surface area contributed by atoms with Gasteiger partial charge in [-0.15, -0.1) is 0 Å². The summed E-state index contributed by atoms with van der Waals surface area (Å²) in [5.74, 6) is -0.597. The smallest absolute Gasteiger partial charge is 0.328 e. The first-order valence-electron chi connectivity index (χ1n) is 7.09. The number of carbonyl (C=O) groups excluding carboxylic acids is 3. The first-order valence-corrected chi connectivity index (χ1v) is 7.09. The molecule has 21 heavy (non-hydrogen) atoms. The molecule has 5 nitrogen and oxygen atoms in total. The Morgan fingerprint density at radius 2 is 1.90 bits per heavy atom. The van der Waals surface area contributed by atoms with Gasteiger partial charge in [-0.2, -0.15) is 0 Å². The van der Waals surface area contributed by atoms with Crippen molar-refractivity contribution in [2.24, 2.45) is 0 Å². The summed E-state index contributed by atoms with van der Waals surface area (Å²) in [6.45, 7) is 0.554. The van der Waals surface area contributed by atoms with Crippen LogP contribution in [0.1, 0.15) is 36.0 Å². The lowest BCUT2D eigenvalue weighted by Crippen LogP contribution is -2.41. The summed E-state index contributed by atoms with van der Waals surface area (Å²) in [4.78, 5) is 37.3. The van der Waals surface area contributed by atoms with Crippen molar-refractivity contribution in [1.82, 2.24) is 4.90 Å². The maximum atomic E-state index is 12.2. The first-order chi connectivity index (χ1) is 10.1. The molecular formula is C16H19NO4. The number of hydrogen-bond donors (Lipinski definition) is 0. The fraction of sp³-hybridized carbons (Fsp3) is 0.438. The van der Waals surface area contributed by atoms with Crippen LogP contribution in [0.4, 0.5) is 0 Å². The third-order valence-corrected chi connectivity index (χ3v) is 3.71. The molecule has 2 rings (SSSR count). The van der Waals surface area contributed by atoms with Crippen LogP contribution in [0, 0.1) is 0 Å². The van der Waals surface area contributed by atoms with Gasteiger partial charge in [-0.05, 0) is 12.8 Å². The summed E-state index contributed by atoms with van der Waals surface area (Å²) in [5.41, 5.74) is 0.608. The molecule has 112 valence electrons. The molecule has 0 N–H and O–H groups in total. The largest absolute Gasteiger partial charge is 0.467 e. The van der Waals surface area contributed by atoms with Gasteiger partial charge in [0.25, 0.3) is 0 Å². The number of amides is 1. The molecule has 1 aliphatic heterocycles. The Hall–Kier alpha value is -2.17. The van der Waals surface area contributed by atoms with Crippen LogP contribution in [-0.4, -0.2) is 42.3 Å². The molecule has 0 spiro atoms. The zero-order valence-electron chi connectivity index (χ0n) is 12.1. The number of esters is 1. The van der Waals surface area contributed by atoms with Gasteiger partial charge in [0.2, 0.25) is 5.91 Å². The molecule has 0 saturated carbocycles. The van der Waals surface area contributed by atoms with Crippen molar-refractivity contribution in [3.8, 4) is 0 Å². The Labute approximate surface area is 123 Å². The normalized spacial score (nSPS) is 17.6. The molecule has 0 aromatic heterocycles. The SMILES string of the molecule is COC(=O)[C@@H]1CCCN1C(=O)CCC(=O)c1ccccc1. The number of ether oxygens (including phenoxy) is 1. The monoisotopic (exact) mass is 289 g/mol. The van der Waals surface area contributed by atoms with E-state index in [9.17, 15) is 14.4 Å². The van der Waals surface area contributed by atoms with E-state index in [2.05, 4.69) is 0 Å². The van der Waals surface area contributed by atoms with Gasteiger partial charge in [-0.1, -0.05) is 30.3 Å². The fourth-order valence-corrected chi connectivity index (χ4v) is 2.58. The molecule has 1 fully saturated rings. The van der Waals surface area contributed by atoms with Crippen molar-refractivity contribution >= 4 is 17.7 Å². The molecular weight excluding hydrogens is 270 g/mol. The number of nitrogens with zero attached hydrogens (tertiary/aromatic N) is 1. The van der Waals surface area contributed by atoms with Crippen LogP contribution in [0.5, 0.6) is 0 Å². The van der Waals surface area contributed by atoms with E-state index in [0.29, 0.717) is 18.5 Å². The Kier molecular flexibility index (Phi) is 5.09. The Balaban J connectivity index is 1.90. The van der Waals surface area contributed by atoms with Gasteiger partial charge in [0.05, 0.1) is 7.11 Å². The lowest BCUT2D eigenvalue weighted by molar-refractivity contribution is -0.150. The molecule has 5 heteroatoms. The van der Waals surface area contributed by atoms with Crippen LogP contribution >= 0.6 is 0 Å². The number of methoxy groups -OCH3 is 1. The standard InChI is InChI=1S/C16H19NO4/c1-21-16(20)13-8-5-11-17(13)15(19)10-9-14(18)12-6-3-2-4-7-12/h2-4,6-7,13H,5,8-11H2,1H3/t13-/m0/s1. The maximum Gasteiger partial charge on any atom is 0.328 e. The summed E-state index contributed by atoms with van der Waals surface area (Å²) >= 11 is 0. The third-order valence-electron chi connectivity index (χ3n) is 3.71. The van der Waals surface area contributed by atoms with E-state index in [0.717, 1.165) is 6.42 Å². The van der Waals surface area contributed by atoms with Crippen LogP contribution < -0.4 is 0 Å². The van der Waals surface area contributed by atoms with Crippen molar-refractivity contribution < 1.29 is 19.1 Å². The Morgan fingerprint density at radius 1 is 1.19 bits per heavy atom. The quantitative estimate of drug-likeness (QED) is 0.612. The van der Waals surface area contributed by atoms with Crippen molar-refractivity contribution in [3.63, 3.8) is 0 Å². The average molecular weight is 289 g/mol. The highest BCUT2D eigenvalue weighted by molar-refractivity contribution is 5.98. The number of benzene rings is 1. The van der Waals surface area contributed by atoms with Crippen molar-refractivity contribution in [3.05, 3.63) is 35.9 Å². The van der Waals surface area contributed by atoms with E-state index in [4.69, 9.17) is 4.74 Å². The molecule has 0 aliphatic carbocycles. The van der Waals surface area contributed by atoms with E-state index < -0.39 is 6.04 Å². The van der Waals surface area contributed by atoms with Crippen LogP contribution in [0.15, 0.2) is 30.3 Å². The number of carbonyl (C=O) groups is 3. The minimum Gasteiger partial charge on any atom is -0.467 e. The van der Waals surface area contributed by atoms with Gasteiger partial charge < -0.3 is 9.64 Å². The average Bonchev–Trinajstić information content (AvgIpc) is 3.02. The second-order valence-electron chi connectivity index (χ2n) is 5.06. The summed E-state index contributed by atoms with van der Waals surface area (Å²) in [6.07, 6.45) is 1.71. The topological polar surface area (TPSA) is 63.7 Å². The lowest BCUT2D eigenvalue weighted by Gasteiger charge is -2.22. The number of Topliss-reactive ketones (excluding diaryl/α,β-unsaturated/α-hetero) is 1.